The van der Waals surface area contributed by atoms with Gasteiger partial charge in [-0.2, -0.15) is 5.10 Å². The molecule has 0 bridgehead atoms. The maximum Gasteiger partial charge on any atom is 0.274 e. The summed E-state index contributed by atoms with van der Waals surface area (Å²) in [6, 6.07) is 18.2. The molecule has 6 heteroatoms. The maximum absolute atomic E-state index is 13.3. The van der Waals surface area contributed by atoms with Gasteiger partial charge in [-0.25, -0.2) is 0 Å². The summed E-state index contributed by atoms with van der Waals surface area (Å²) in [5.41, 5.74) is 5.45. The Labute approximate surface area is 194 Å². The number of hydrogen-bond donors (Lipinski definition) is 1. The highest BCUT2D eigenvalue weighted by Gasteiger charge is 2.31. The molecule has 1 N–H and O–H groups in total. The molecule has 0 unspecified atom stereocenters. The van der Waals surface area contributed by atoms with Gasteiger partial charge in [0, 0.05) is 42.9 Å². The van der Waals surface area contributed by atoms with E-state index in [4.69, 9.17) is 0 Å². The van der Waals surface area contributed by atoms with E-state index in [1.807, 2.05) is 47.1 Å². The molecule has 1 saturated heterocycles. The number of likely N-dealkylation sites (tertiary alicyclic amines) is 1. The van der Waals surface area contributed by atoms with Crippen molar-refractivity contribution >= 4 is 11.8 Å². The average Bonchev–Trinajstić information content (AvgIpc) is 3.27. The van der Waals surface area contributed by atoms with Crippen LogP contribution in [-0.4, -0.2) is 51.4 Å². The molecule has 0 aliphatic carbocycles. The molecule has 0 spiro atoms. The zero-order chi connectivity index (χ0) is 22.8. The first-order chi connectivity index (χ1) is 16.1. The van der Waals surface area contributed by atoms with Crippen LogP contribution in [0, 0.1) is 12.8 Å². The molecule has 0 atom stereocenters. The smallest absolute Gasteiger partial charge is 0.274 e. The van der Waals surface area contributed by atoms with E-state index < -0.39 is 0 Å². The van der Waals surface area contributed by atoms with Crippen LogP contribution in [0.1, 0.15) is 56.1 Å². The largest absolute Gasteiger partial charge is 0.337 e. The lowest BCUT2D eigenvalue weighted by molar-refractivity contribution is 0.0671. The fourth-order valence-electron chi connectivity index (χ4n) is 5.04. The molecule has 2 aromatic carbocycles. The second-order valence-corrected chi connectivity index (χ2v) is 9.30. The highest BCUT2D eigenvalue weighted by atomic mass is 16.2. The van der Waals surface area contributed by atoms with Crippen LogP contribution < -0.4 is 0 Å². The van der Waals surface area contributed by atoms with Gasteiger partial charge in [-0.15, -0.1) is 0 Å². The van der Waals surface area contributed by atoms with Crippen LogP contribution in [-0.2, 0) is 19.4 Å². The number of benzene rings is 2. The third-order valence-electron chi connectivity index (χ3n) is 6.96. The minimum atomic E-state index is -0.0180. The lowest BCUT2D eigenvalue weighted by atomic mass is 9.90. The summed E-state index contributed by atoms with van der Waals surface area (Å²) in [7, 11) is 0. The Hall–Kier alpha value is -3.41. The number of nitrogens with zero attached hydrogens (tertiary/aromatic N) is 3. The molecule has 2 aliphatic heterocycles. The Morgan fingerprint density at radius 2 is 1.76 bits per heavy atom. The van der Waals surface area contributed by atoms with Crippen molar-refractivity contribution in [1.29, 1.82) is 0 Å². The summed E-state index contributed by atoms with van der Waals surface area (Å²) in [5.74, 6) is 0.591. The van der Waals surface area contributed by atoms with Crippen molar-refractivity contribution in [3.63, 3.8) is 0 Å². The van der Waals surface area contributed by atoms with Crippen molar-refractivity contribution in [1.82, 2.24) is 20.0 Å². The Morgan fingerprint density at radius 1 is 0.970 bits per heavy atom. The minimum Gasteiger partial charge on any atom is -0.337 e. The number of aryl methyl sites for hydroxylation is 1. The van der Waals surface area contributed by atoms with Crippen LogP contribution in [0.2, 0.25) is 0 Å². The summed E-state index contributed by atoms with van der Waals surface area (Å²) >= 11 is 0. The lowest BCUT2D eigenvalue weighted by Gasteiger charge is -2.32. The molecule has 1 aromatic heterocycles. The molecule has 2 aliphatic rings. The van der Waals surface area contributed by atoms with E-state index in [9.17, 15) is 9.59 Å². The zero-order valence-corrected chi connectivity index (χ0v) is 19.1. The number of rotatable bonds is 4. The van der Waals surface area contributed by atoms with E-state index in [-0.39, 0.29) is 11.8 Å². The van der Waals surface area contributed by atoms with Crippen LogP contribution in [0.3, 0.4) is 0 Å². The van der Waals surface area contributed by atoms with Gasteiger partial charge in [0.15, 0.2) is 5.69 Å². The molecular formula is C27H30N4O2. The van der Waals surface area contributed by atoms with Gasteiger partial charge in [-0.1, -0.05) is 48.0 Å². The van der Waals surface area contributed by atoms with E-state index in [0.717, 1.165) is 49.2 Å². The van der Waals surface area contributed by atoms with Gasteiger partial charge in [0.2, 0.25) is 0 Å². The van der Waals surface area contributed by atoms with E-state index in [1.165, 1.54) is 5.56 Å². The van der Waals surface area contributed by atoms with E-state index >= 15 is 0 Å². The molecule has 3 aromatic rings. The predicted molar refractivity (Wildman–Crippen MR) is 127 cm³/mol. The second kappa shape index (κ2) is 9.22. The van der Waals surface area contributed by atoms with Gasteiger partial charge in [0.05, 0.1) is 6.54 Å². The van der Waals surface area contributed by atoms with Crippen LogP contribution in [0.4, 0.5) is 0 Å². The first-order valence-corrected chi connectivity index (χ1v) is 11.8. The Balaban J connectivity index is 1.24. The molecule has 6 nitrogen and oxygen atoms in total. The Bertz CT molecular complexity index is 1150. The molecule has 0 saturated carbocycles. The topological polar surface area (TPSA) is 69.3 Å². The van der Waals surface area contributed by atoms with Gasteiger partial charge in [0.25, 0.3) is 11.8 Å². The number of carbonyl (C=O) groups is 2. The van der Waals surface area contributed by atoms with Crippen molar-refractivity contribution in [3.8, 4) is 0 Å². The standard InChI is InChI=1S/C27H30N4O2/c1-19-6-5-9-22(16-19)26(32)31-15-12-24-23(18-31)25(29-28-24)27(33)30-13-10-21(11-14-30)17-20-7-3-2-4-8-20/h2-9,16,21H,10-15,17-18H2,1H3,(H,28,29). The highest BCUT2D eigenvalue weighted by molar-refractivity contribution is 5.96. The van der Waals surface area contributed by atoms with Crippen LogP contribution in [0.15, 0.2) is 54.6 Å². The van der Waals surface area contributed by atoms with Crippen molar-refractivity contribution in [2.75, 3.05) is 19.6 Å². The number of H-pyrrole nitrogens is 1. The first kappa shape index (κ1) is 21.4. The third-order valence-corrected chi connectivity index (χ3v) is 6.96. The van der Waals surface area contributed by atoms with Crippen molar-refractivity contribution in [3.05, 3.63) is 88.2 Å². The van der Waals surface area contributed by atoms with Gasteiger partial charge in [-0.3, -0.25) is 14.7 Å². The minimum absolute atomic E-state index is 0.00525. The van der Waals surface area contributed by atoms with E-state index in [1.54, 1.807) is 0 Å². The molecule has 33 heavy (non-hydrogen) atoms. The molecule has 5 rings (SSSR count). The fourth-order valence-corrected chi connectivity index (χ4v) is 5.04. The number of amides is 2. The Morgan fingerprint density at radius 3 is 2.52 bits per heavy atom. The summed E-state index contributed by atoms with van der Waals surface area (Å²) in [4.78, 5) is 30.1. The van der Waals surface area contributed by atoms with Gasteiger partial charge in [-0.05, 0) is 49.8 Å². The number of fused-ring (bicyclic) bond motifs is 1. The number of piperidine rings is 1. The van der Waals surface area contributed by atoms with Gasteiger partial charge < -0.3 is 9.80 Å². The van der Waals surface area contributed by atoms with Crippen LogP contribution >= 0.6 is 0 Å². The van der Waals surface area contributed by atoms with Gasteiger partial charge >= 0.3 is 0 Å². The number of aromatic amines is 1. The SMILES string of the molecule is Cc1cccc(C(=O)N2CCc3[nH]nc(C(=O)N4CCC(Cc5ccccc5)CC4)c3C2)c1. The molecule has 2 amide bonds. The zero-order valence-electron chi connectivity index (χ0n) is 19.1. The summed E-state index contributed by atoms with van der Waals surface area (Å²) in [5, 5.41) is 7.45. The van der Waals surface area contributed by atoms with Crippen LogP contribution in [0.25, 0.3) is 0 Å². The normalized spacial score (nSPS) is 16.5. The molecular weight excluding hydrogens is 412 g/mol. The summed E-state index contributed by atoms with van der Waals surface area (Å²) in [6.45, 7) is 4.54. The lowest BCUT2D eigenvalue weighted by Crippen LogP contribution is -2.40. The predicted octanol–water partition coefficient (Wildman–Crippen LogP) is 4.01. The molecule has 1 fully saturated rings. The van der Waals surface area contributed by atoms with Gasteiger partial charge in [0.1, 0.15) is 0 Å². The van der Waals surface area contributed by atoms with Crippen molar-refractivity contribution in [2.45, 2.75) is 39.2 Å². The number of aromatic nitrogens is 2. The molecule has 170 valence electrons. The second-order valence-electron chi connectivity index (χ2n) is 9.30. The fraction of sp³-hybridized carbons (Fsp3) is 0.370. The van der Waals surface area contributed by atoms with Crippen LogP contribution in [0.5, 0.6) is 0 Å². The maximum atomic E-state index is 13.3. The number of carbonyl (C=O) groups excluding carboxylic acids is 2. The Kier molecular flexibility index (Phi) is 5.99. The molecule has 3 heterocycles. The first-order valence-electron chi connectivity index (χ1n) is 11.8. The van der Waals surface area contributed by atoms with Crippen molar-refractivity contribution < 1.29 is 9.59 Å². The third kappa shape index (κ3) is 4.56. The molecule has 0 radical (unpaired) electrons. The van der Waals surface area contributed by atoms with Crippen molar-refractivity contribution in [2.24, 2.45) is 5.92 Å². The quantitative estimate of drug-likeness (QED) is 0.664. The highest BCUT2D eigenvalue weighted by Crippen LogP contribution is 2.26. The average molecular weight is 443 g/mol. The number of nitrogens with one attached hydrogen (secondary N) is 1. The summed E-state index contributed by atoms with van der Waals surface area (Å²) < 4.78 is 0. The van der Waals surface area contributed by atoms with E-state index in [2.05, 4.69) is 34.5 Å². The summed E-state index contributed by atoms with van der Waals surface area (Å²) in [6.07, 6.45) is 3.76. The van der Waals surface area contributed by atoms with E-state index in [0.29, 0.717) is 36.7 Å². The monoisotopic (exact) mass is 442 g/mol. The number of hydrogen-bond acceptors (Lipinski definition) is 3.